The summed E-state index contributed by atoms with van der Waals surface area (Å²) < 4.78 is 0. The van der Waals surface area contributed by atoms with E-state index in [0.717, 1.165) is 6.92 Å². The molecule has 0 radical (unpaired) electrons. The average molecular weight is 272 g/mol. The minimum Gasteiger partial charge on any atom is -0.481 e. The highest BCUT2D eigenvalue weighted by molar-refractivity contribution is 6.12. The van der Waals surface area contributed by atoms with Gasteiger partial charge in [-0.2, -0.15) is 5.06 Å². The molecule has 2 aliphatic rings. The Morgan fingerprint density at radius 3 is 1.53 bits per heavy atom. The van der Waals surface area contributed by atoms with Gasteiger partial charge in [0.2, 0.25) is 0 Å². The van der Waals surface area contributed by atoms with Crippen LogP contribution in [-0.2, 0) is 24.0 Å². The fraction of sp³-hybridized carbons (Fsp3) is 0.300. The zero-order valence-electron chi connectivity index (χ0n) is 9.95. The number of amides is 4. The minimum absolute atomic E-state index is 0.148. The fourth-order valence-electron chi connectivity index (χ4n) is 0.921. The van der Waals surface area contributed by atoms with Gasteiger partial charge in [0.15, 0.2) is 0 Å². The maximum Gasteiger partial charge on any atom is 0.300 e. The molecule has 0 aliphatic carbocycles. The minimum atomic E-state index is -0.833. The van der Waals surface area contributed by atoms with Crippen LogP contribution in [0.4, 0.5) is 0 Å². The smallest absolute Gasteiger partial charge is 0.300 e. The van der Waals surface area contributed by atoms with Crippen molar-refractivity contribution in [2.45, 2.75) is 19.8 Å². The average Bonchev–Trinajstić information content (AvgIpc) is 2.79. The molecule has 1 fully saturated rings. The second-order valence-electron chi connectivity index (χ2n) is 3.31. The first-order valence-corrected chi connectivity index (χ1v) is 5.01. The summed E-state index contributed by atoms with van der Waals surface area (Å²) in [6.45, 7) is 1.08. The number of hydrogen-bond acceptors (Lipinski definition) is 6. The lowest BCUT2D eigenvalue weighted by molar-refractivity contribution is -0.171. The number of aliphatic carboxylic acids is 1. The van der Waals surface area contributed by atoms with Gasteiger partial charge in [0.05, 0.1) is 0 Å². The summed E-state index contributed by atoms with van der Waals surface area (Å²) >= 11 is 0. The van der Waals surface area contributed by atoms with Gasteiger partial charge in [-0.3, -0.25) is 34.5 Å². The Morgan fingerprint density at radius 1 is 1.11 bits per heavy atom. The number of carboxylic acids is 1. The van der Waals surface area contributed by atoms with E-state index in [4.69, 9.17) is 15.1 Å². The molecule has 0 aromatic carbocycles. The van der Waals surface area contributed by atoms with E-state index in [9.17, 15) is 19.2 Å². The highest BCUT2D eigenvalue weighted by Crippen LogP contribution is 2.06. The molecule has 0 aromatic rings. The van der Waals surface area contributed by atoms with E-state index < -0.39 is 17.8 Å². The third-order valence-electron chi connectivity index (χ3n) is 1.66. The highest BCUT2D eigenvalue weighted by atomic mass is 16.5. The van der Waals surface area contributed by atoms with E-state index in [0.29, 0.717) is 0 Å². The standard InChI is InChI=1S/C4H5NO3.C4H3NO2.C2H4O2/c6-3-1-2-4(7)5(3)8;6-3-1-2-4(7)5-3;1-2(3)4/h8H,1-2H2;1-2H,(H,5,6,7);1H3,(H,3,4). The number of carbonyl (C=O) groups is 5. The lowest BCUT2D eigenvalue weighted by Gasteiger charge is -1.98. The van der Waals surface area contributed by atoms with Crippen LogP contribution in [0, 0.1) is 0 Å². The van der Waals surface area contributed by atoms with E-state index in [-0.39, 0.29) is 29.7 Å². The maximum atomic E-state index is 10.2. The zero-order valence-corrected chi connectivity index (χ0v) is 9.95. The Bertz CT molecular complexity index is 405. The van der Waals surface area contributed by atoms with E-state index in [2.05, 4.69) is 0 Å². The highest BCUT2D eigenvalue weighted by Gasteiger charge is 2.26. The summed E-state index contributed by atoms with van der Waals surface area (Å²) in [4.78, 5) is 49.5. The molecule has 19 heavy (non-hydrogen) atoms. The quantitative estimate of drug-likeness (QED) is 0.372. The number of hydroxylamine groups is 2. The lowest BCUT2D eigenvalue weighted by Crippen LogP contribution is -2.24. The monoisotopic (exact) mass is 272 g/mol. The molecule has 2 heterocycles. The van der Waals surface area contributed by atoms with Gasteiger partial charge in [0.25, 0.3) is 29.6 Å². The van der Waals surface area contributed by atoms with Crippen LogP contribution in [0.25, 0.3) is 0 Å². The summed E-state index contributed by atoms with van der Waals surface area (Å²) in [6, 6.07) is 0. The Morgan fingerprint density at radius 2 is 1.42 bits per heavy atom. The Kier molecular flexibility index (Phi) is 6.68. The molecule has 9 heteroatoms. The van der Waals surface area contributed by atoms with Crippen LogP contribution in [0.1, 0.15) is 19.8 Å². The van der Waals surface area contributed by atoms with Gasteiger partial charge < -0.3 is 5.11 Å². The normalized spacial score (nSPS) is 16.4. The number of nitrogens with zero attached hydrogens (tertiary/aromatic N) is 1. The molecule has 1 saturated heterocycles. The van der Waals surface area contributed by atoms with Crippen molar-refractivity contribution in [1.29, 1.82) is 0 Å². The zero-order chi connectivity index (χ0) is 15.0. The molecule has 2 rings (SSSR count). The largest absolute Gasteiger partial charge is 0.481 e. The van der Waals surface area contributed by atoms with Crippen LogP contribution in [0.15, 0.2) is 12.2 Å². The van der Waals surface area contributed by atoms with Gasteiger partial charge in [0, 0.05) is 31.9 Å². The van der Waals surface area contributed by atoms with Crippen molar-refractivity contribution in [3.05, 3.63) is 12.2 Å². The van der Waals surface area contributed by atoms with Crippen molar-refractivity contribution >= 4 is 29.6 Å². The van der Waals surface area contributed by atoms with Gasteiger partial charge in [-0.1, -0.05) is 0 Å². The molecule has 4 amide bonds. The molecule has 0 aromatic heterocycles. The molecular formula is C10H12N2O7. The van der Waals surface area contributed by atoms with Crippen LogP contribution in [0.2, 0.25) is 0 Å². The van der Waals surface area contributed by atoms with Gasteiger partial charge in [0.1, 0.15) is 0 Å². The molecule has 104 valence electrons. The topological polar surface area (TPSA) is 141 Å². The Labute approximate surface area is 107 Å². The third kappa shape index (κ3) is 7.39. The number of imide groups is 2. The summed E-state index contributed by atoms with van der Waals surface area (Å²) in [7, 11) is 0. The lowest BCUT2D eigenvalue weighted by atomic mass is 10.4. The number of nitrogens with one attached hydrogen (secondary N) is 1. The second kappa shape index (κ2) is 7.71. The molecule has 3 N–H and O–H groups in total. The van der Waals surface area contributed by atoms with Gasteiger partial charge in [-0.05, 0) is 0 Å². The first kappa shape index (κ1) is 16.4. The predicted octanol–water partition coefficient (Wildman–Crippen LogP) is -1.19. The first-order valence-electron chi connectivity index (χ1n) is 5.01. The van der Waals surface area contributed by atoms with Gasteiger partial charge in [-0.15, -0.1) is 0 Å². The molecular weight excluding hydrogens is 260 g/mol. The summed E-state index contributed by atoms with van der Waals surface area (Å²) in [5.41, 5.74) is 0. The van der Waals surface area contributed by atoms with Crippen LogP contribution < -0.4 is 5.32 Å². The third-order valence-corrected chi connectivity index (χ3v) is 1.66. The number of rotatable bonds is 0. The van der Waals surface area contributed by atoms with Crippen molar-refractivity contribution < 1.29 is 34.3 Å². The van der Waals surface area contributed by atoms with Crippen molar-refractivity contribution in [3.63, 3.8) is 0 Å². The van der Waals surface area contributed by atoms with Gasteiger partial charge >= 0.3 is 0 Å². The molecule has 0 spiro atoms. The molecule has 0 saturated carbocycles. The number of carboxylic acid groups (broad SMARTS) is 1. The van der Waals surface area contributed by atoms with E-state index >= 15 is 0 Å². The first-order chi connectivity index (χ1) is 8.73. The van der Waals surface area contributed by atoms with E-state index in [1.165, 1.54) is 12.2 Å². The molecule has 2 aliphatic heterocycles. The molecule has 0 atom stereocenters. The molecule has 0 bridgehead atoms. The fourth-order valence-corrected chi connectivity index (χ4v) is 0.921. The van der Waals surface area contributed by atoms with E-state index in [1.54, 1.807) is 0 Å². The summed E-state index contributed by atoms with van der Waals surface area (Å²) in [6.07, 6.45) is 2.69. The van der Waals surface area contributed by atoms with Crippen molar-refractivity contribution in [2.24, 2.45) is 0 Å². The Hall–Kier alpha value is -2.55. The van der Waals surface area contributed by atoms with E-state index in [1.807, 2.05) is 5.32 Å². The van der Waals surface area contributed by atoms with Crippen molar-refractivity contribution in [2.75, 3.05) is 0 Å². The second-order valence-corrected chi connectivity index (χ2v) is 3.31. The van der Waals surface area contributed by atoms with Crippen LogP contribution in [0.5, 0.6) is 0 Å². The number of carbonyl (C=O) groups excluding carboxylic acids is 4. The molecule has 0 unspecified atom stereocenters. The SMILES string of the molecule is CC(=O)O.O=C1C=CC(=O)N1.O=C1CCC(=O)N1O. The maximum absolute atomic E-state index is 10.2. The van der Waals surface area contributed by atoms with Gasteiger partial charge in [-0.25, -0.2) is 0 Å². The summed E-state index contributed by atoms with van der Waals surface area (Å²) in [5.74, 6) is -2.50. The number of hydrogen-bond donors (Lipinski definition) is 3. The van der Waals surface area contributed by atoms with Crippen LogP contribution >= 0.6 is 0 Å². The van der Waals surface area contributed by atoms with Crippen LogP contribution in [0.3, 0.4) is 0 Å². The molecule has 9 nitrogen and oxygen atoms in total. The van der Waals surface area contributed by atoms with Crippen molar-refractivity contribution in [1.82, 2.24) is 10.4 Å². The Balaban J connectivity index is 0.000000272. The van der Waals surface area contributed by atoms with Crippen LogP contribution in [-0.4, -0.2) is 45.0 Å². The predicted molar refractivity (Wildman–Crippen MR) is 58.5 cm³/mol. The summed E-state index contributed by atoms with van der Waals surface area (Å²) in [5, 5.41) is 18.0. The van der Waals surface area contributed by atoms with Crippen molar-refractivity contribution in [3.8, 4) is 0 Å².